The Morgan fingerprint density at radius 3 is 2.47 bits per heavy atom. The van der Waals surface area contributed by atoms with Crippen molar-refractivity contribution in [2.24, 2.45) is 0 Å². The van der Waals surface area contributed by atoms with E-state index in [1.165, 1.54) is 0 Å². The quantitative estimate of drug-likeness (QED) is 0.867. The first-order valence-corrected chi connectivity index (χ1v) is 5.85. The number of hydrogen-bond acceptors (Lipinski definition) is 2. The van der Waals surface area contributed by atoms with Crippen molar-refractivity contribution in [3.8, 4) is 0 Å². The predicted octanol–water partition coefficient (Wildman–Crippen LogP) is 2.60. The zero-order chi connectivity index (χ0) is 14.0. The highest BCUT2D eigenvalue weighted by atomic mass is 19.2. The highest BCUT2D eigenvalue weighted by Gasteiger charge is 2.17. The average molecular weight is 270 g/mol. The van der Waals surface area contributed by atoms with Gasteiger partial charge >= 0.3 is 0 Å². The molecule has 1 atom stereocenters. The van der Waals surface area contributed by atoms with Crippen molar-refractivity contribution in [1.29, 1.82) is 0 Å². The van der Waals surface area contributed by atoms with Gasteiger partial charge in [-0.05, 0) is 24.6 Å². The van der Waals surface area contributed by atoms with Crippen molar-refractivity contribution in [1.82, 2.24) is 9.55 Å². The Labute approximate surface area is 108 Å². The van der Waals surface area contributed by atoms with Crippen LogP contribution in [0.4, 0.5) is 13.2 Å². The lowest BCUT2D eigenvalue weighted by molar-refractivity contribution is 0.173. The lowest BCUT2D eigenvalue weighted by atomic mass is 10.1. The van der Waals surface area contributed by atoms with Crippen molar-refractivity contribution >= 4 is 0 Å². The van der Waals surface area contributed by atoms with E-state index in [4.69, 9.17) is 0 Å². The van der Waals surface area contributed by atoms with Gasteiger partial charge in [0.05, 0.1) is 6.10 Å². The van der Waals surface area contributed by atoms with E-state index < -0.39 is 23.6 Å². The second-order valence-electron chi connectivity index (χ2n) is 4.15. The van der Waals surface area contributed by atoms with E-state index in [9.17, 15) is 18.3 Å². The molecule has 2 rings (SSSR count). The maximum Gasteiger partial charge on any atom is 0.194 e. The third-order valence-electron chi connectivity index (χ3n) is 2.91. The molecule has 0 aliphatic rings. The van der Waals surface area contributed by atoms with Crippen LogP contribution >= 0.6 is 0 Å². The molecule has 0 aliphatic carbocycles. The Kier molecular flexibility index (Phi) is 3.90. The van der Waals surface area contributed by atoms with E-state index in [2.05, 4.69) is 4.98 Å². The molecule has 0 aliphatic heterocycles. The van der Waals surface area contributed by atoms with Crippen molar-refractivity contribution in [2.45, 2.75) is 26.0 Å². The van der Waals surface area contributed by atoms with E-state index >= 15 is 0 Å². The Bertz CT molecular complexity index is 560. The van der Waals surface area contributed by atoms with E-state index in [-0.39, 0.29) is 12.0 Å². The van der Waals surface area contributed by atoms with Gasteiger partial charge < -0.3 is 9.67 Å². The standard InChI is InChI=1S/C13H13F3N2O/c1-2-18-4-3-17-12(18)7-11(19)8-5-9(14)13(16)10(15)6-8/h3-6,11,19H,2,7H2,1H3. The number of imidazole rings is 1. The van der Waals surface area contributed by atoms with Crippen LogP contribution < -0.4 is 0 Å². The number of halogens is 3. The Balaban J connectivity index is 2.23. The van der Waals surface area contributed by atoms with Crippen LogP contribution in [0.2, 0.25) is 0 Å². The molecule has 1 unspecified atom stereocenters. The van der Waals surface area contributed by atoms with Crippen molar-refractivity contribution in [3.63, 3.8) is 0 Å². The van der Waals surface area contributed by atoms with E-state index in [1.54, 1.807) is 17.0 Å². The van der Waals surface area contributed by atoms with Gasteiger partial charge in [0.2, 0.25) is 0 Å². The number of aryl methyl sites for hydroxylation is 1. The molecule has 3 nitrogen and oxygen atoms in total. The number of aromatic nitrogens is 2. The molecule has 1 heterocycles. The summed E-state index contributed by atoms with van der Waals surface area (Å²) in [6.45, 7) is 2.59. The maximum atomic E-state index is 13.1. The van der Waals surface area contributed by atoms with Crippen LogP contribution in [-0.4, -0.2) is 14.7 Å². The molecule has 0 spiro atoms. The molecule has 0 fully saturated rings. The Morgan fingerprint density at radius 2 is 1.89 bits per heavy atom. The molecule has 102 valence electrons. The van der Waals surface area contributed by atoms with Crippen LogP contribution in [-0.2, 0) is 13.0 Å². The molecular formula is C13H13F3N2O. The minimum Gasteiger partial charge on any atom is -0.388 e. The fourth-order valence-corrected chi connectivity index (χ4v) is 1.88. The van der Waals surface area contributed by atoms with Gasteiger partial charge in [-0.1, -0.05) is 0 Å². The molecule has 1 N–H and O–H groups in total. The van der Waals surface area contributed by atoms with Gasteiger partial charge in [-0.2, -0.15) is 0 Å². The Morgan fingerprint density at radius 1 is 1.26 bits per heavy atom. The normalized spacial score (nSPS) is 12.7. The number of nitrogens with zero attached hydrogens (tertiary/aromatic N) is 2. The summed E-state index contributed by atoms with van der Waals surface area (Å²) in [6, 6.07) is 1.59. The van der Waals surface area contributed by atoms with Crippen molar-refractivity contribution < 1.29 is 18.3 Å². The van der Waals surface area contributed by atoms with E-state index in [0.29, 0.717) is 12.4 Å². The predicted molar refractivity (Wildman–Crippen MR) is 62.9 cm³/mol. The fraction of sp³-hybridized carbons (Fsp3) is 0.308. The molecular weight excluding hydrogens is 257 g/mol. The van der Waals surface area contributed by atoms with Crippen molar-refractivity contribution in [3.05, 3.63) is 53.4 Å². The van der Waals surface area contributed by atoms with Gasteiger partial charge in [0.25, 0.3) is 0 Å². The molecule has 1 aromatic heterocycles. The molecule has 0 radical (unpaired) electrons. The minimum atomic E-state index is -1.54. The molecule has 0 saturated carbocycles. The minimum absolute atomic E-state index is 0.0120. The van der Waals surface area contributed by atoms with Gasteiger partial charge in [-0.3, -0.25) is 0 Å². The topological polar surface area (TPSA) is 38.0 Å². The smallest absolute Gasteiger partial charge is 0.194 e. The molecule has 2 aromatic rings. The first-order chi connectivity index (χ1) is 9.02. The third kappa shape index (κ3) is 2.78. The number of rotatable bonds is 4. The highest BCUT2D eigenvalue weighted by molar-refractivity contribution is 5.22. The highest BCUT2D eigenvalue weighted by Crippen LogP contribution is 2.22. The summed E-state index contributed by atoms with van der Waals surface area (Å²) >= 11 is 0. The largest absolute Gasteiger partial charge is 0.388 e. The number of aliphatic hydroxyl groups excluding tert-OH is 1. The summed E-state index contributed by atoms with van der Waals surface area (Å²) in [6.07, 6.45) is 2.29. The first kappa shape index (κ1) is 13.6. The molecule has 19 heavy (non-hydrogen) atoms. The first-order valence-electron chi connectivity index (χ1n) is 5.85. The second kappa shape index (κ2) is 5.44. The molecule has 0 amide bonds. The Hall–Kier alpha value is -1.82. The summed E-state index contributed by atoms with van der Waals surface area (Å²) in [4.78, 5) is 4.06. The number of aliphatic hydroxyl groups is 1. The molecule has 0 bridgehead atoms. The van der Waals surface area contributed by atoms with Gasteiger partial charge in [-0.15, -0.1) is 0 Å². The zero-order valence-corrected chi connectivity index (χ0v) is 10.3. The van der Waals surface area contributed by atoms with Gasteiger partial charge in [-0.25, -0.2) is 18.2 Å². The van der Waals surface area contributed by atoms with Crippen LogP contribution in [0, 0.1) is 17.5 Å². The molecule has 1 aromatic carbocycles. The monoisotopic (exact) mass is 270 g/mol. The van der Waals surface area contributed by atoms with Crippen LogP contribution in [0.3, 0.4) is 0 Å². The average Bonchev–Trinajstić information content (AvgIpc) is 2.82. The fourth-order valence-electron chi connectivity index (χ4n) is 1.88. The zero-order valence-electron chi connectivity index (χ0n) is 10.3. The lowest BCUT2D eigenvalue weighted by Gasteiger charge is -2.12. The summed E-state index contributed by atoms with van der Waals surface area (Å²) in [5.41, 5.74) is -0.0120. The number of benzene rings is 1. The van der Waals surface area contributed by atoms with Crippen LogP contribution in [0.1, 0.15) is 24.4 Å². The summed E-state index contributed by atoms with van der Waals surface area (Å²) < 4.78 is 40.8. The molecule has 6 heteroatoms. The number of hydrogen-bond donors (Lipinski definition) is 1. The van der Waals surface area contributed by atoms with Gasteiger partial charge in [0, 0.05) is 25.4 Å². The van der Waals surface area contributed by atoms with Gasteiger partial charge in [0.15, 0.2) is 17.5 Å². The van der Waals surface area contributed by atoms with Crippen LogP contribution in [0.15, 0.2) is 24.5 Å². The van der Waals surface area contributed by atoms with E-state index in [0.717, 1.165) is 12.1 Å². The summed E-state index contributed by atoms with van der Waals surface area (Å²) in [5, 5.41) is 9.94. The van der Waals surface area contributed by atoms with Gasteiger partial charge in [0.1, 0.15) is 5.82 Å². The van der Waals surface area contributed by atoms with Crippen molar-refractivity contribution in [2.75, 3.05) is 0 Å². The van der Waals surface area contributed by atoms with E-state index in [1.807, 2.05) is 6.92 Å². The van der Waals surface area contributed by atoms with Crippen LogP contribution in [0.25, 0.3) is 0 Å². The third-order valence-corrected chi connectivity index (χ3v) is 2.91. The lowest BCUT2D eigenvalue weighted by Crippen LogP contribution is -2.09. The summed E-state index contributed by atoms with van der Waals surface area (Å²) in [7, 11) is 0. The second-order valence-corrected chi connectivity index (χ2v) is 4.15. The van der Waals surface area contributed by atoms with Crippen LogP contribution in [0.5, 0.6) is 0 Å². The SMILES string of the molecule is CCn1ccnc1CC(O)c1cc(F)c(F)c(F)c1. The summed E-state index contributed by atoms with van der Waals surface area (Å²) in [5.74, 6) is -3.56. The molecule has 0 saturated heterocycles. The maximum absolute atomic E-state index is 13.1.